The summed E-state index contributed by atoms with van der Waals surface area (Å²) in [7, 11) is 0. The molecule has 3 rings (SSSR count). The molecule has 0 aliphatic rings. The molecule has 0 aliphatic heterocycles. The van der Waals surface area contributed by atoms with Crippen LogP contribution in [0.25, 0.3) is 5.82 Å². The summed E-state index contributed by atoms with van der Waals surface area (Å²) < 4.78 is 1.94. The summed E-state index contributed by atoms with van der Waals surface area (Å²) in [6.07, 6.45) is 1.90. The highest BCUT2D eigenvalue weighted by Crippen LogP contribution is 2.12. The number of nitrogens with zero attached hydrogens (tertiary/aromatic N) is 3. The van der Waals surface area contributed by atoms with E-state index in [0.29, 0.717) is 10.7 Å². The predicted molar refractivity (Wildman–Crippen MR) is 88.3 cm³/mol. The maximum absolute atomic E-state index is 5.96. The highest BCUT2D eigenvalue weighted by atomic mass is 35.5. The van der Waals surface area contributed by atoms with E-state index in [2.05, 4.69) is 21.8 Å². The number of imidazole rings is 1. The first-order valence-electron chi connectivity index (χ1n) is 6.89. The molecular weight excluding hydrogens is 294 g/mol. The first-order chi connectivity index (χ1) is 10.6. The molecule has 0 spiro atoms. The Labute approximate surface area is 134 Å². The number of hydrogen-bond donors (Lipinski definition) is 0. The van der Waals surface area contributed by atoms with Crippen LogP contribution in [0.1, 0.15) is 22.8 Å². The van der Waals surface area contributed by atoms with E-state index in [9.17, 15) is 0 Å². The minimum atomic E-state index is 0.678. The molecular formula is C18H14ClN3. The molecule has 108 valence electrons. The van der Waals surface area contributed by atoms with Gasteiger partial charge in [0.25, 0.3) is 0 Å². The van der Waals surface area contributed by atoms with Gasteiger partial charge >= 0.3 is 0 Å². The number of halogens is 1. The second kappa shape index (κ2) is 6.05. The van der Waals surface area contributed by atoms with Crippen molar-refractivity contribution >= 4 is 11.6 Å². The third-order valence-electron chi connectivity index (χ3n) is 3.16. The fourth-order valence-corrected chi connectivity index (χ4v) is 2.32. The Kier molecular flexibility index (Phi) is 3.95. The summed E-state index contributed by atoms with van der Waals surface area (Å²) in [4.78, 5) is 8.98. The zero-order valence-electron chi connectivity index (χ0n) is 12.3. The van der Waals surface area contributed by atoms with Gasteiger partial charge in [0.05, 0.1) is 0 Å². The molecule has 3 nitrogen and oxygen atoms in total. The Morgan fingerprint density at radius 3 is 2.59 bits per heavy atom. The highest BCUT2D eigenvalue weighted by molar-refractivity contribution is 6.30. The first-order valence-corrected chi connectivity index (χ1v) is 7.27. The van der Waals surface area contributed by atoms with E-state index < -0.39 is 0 Å². The lowest BCUT2D eigenvalue weighted by atomic mass is 10.2. The number of aromatic nitrogens is 3. The van der Waals surface area contributed by atoms with Gasteiger partial charge in [0.1, 0.15) is 17.3 Å². The van der Waals surface area contributed by atoms with Gasteiger partial charge in [-0.05, 0) is 50.1 Å². The summed E-state index contributed by atoms with van der Waals surface area (Å²) >= 11 is 5.96. The van der Waals surface area contributed by atoms with Crippen LogP contribution < -0.4 is 0 Å². The molecule has 4 heteroatoms. The van der Waals surface area contributed by atoms with Crippen LogP contribution in [0.15, 0.2) is 48.7 Å². The van der Waals surface area contributed by atoms with Gasteiger partial charge in [0.15, 0.2) is 0 Å². The van der Waals surface area contributed by atoms with E-state index in [1.807, 2.05) is 67.1 Å². The number of benzene rings is 1. The third-order valence-corrected chi connectivity index (χ3v) is 3.40. The zero-order chi connectivity index (χ0) is 15.5. The highest BCUT2D eigenvalue weighted by Gasteiger charge is 2.05. The van der Waals surface area contributed by atoms with E-state index >= 15 is 0 Å². The van der Waals surface area contributed by atoms with E-state index in [1.54, 1.807) is 0 Å². The Morgan fingerprint density at radius 1 is 1.00 bits per heavy atom. The van der Waals surface area contributed by atoms with Crippen molar-refractivity contribution in [3.63, 3.8) is 0 Å². The molecule has 0 saturated carbocycles. The van der Waals surface area contributed by atoms with Crippen LogP contribution >= 0.6 is 11.6 Å². The van der Waals surface area contributed by atoms with E-state index in [1.165, 1.54) is 0 Å². The molecule has 0 bridgehead atoms. The average molecular weight is 308 g/mol. The number of hydrogen-bond acceptors (Lipinski definition) is 2. The van der Waals surface area contributed by atoms with Gasteiger partial charge in [-0.3, -0.25) is 4.57 Å². The molecule has 0 atom stereocenters. The predicted octanol–water partition coefficient (Wildman–Crippen LogP) is 3.94. The van der Waals surface area contributed by atoms with E-state index in [0.717, 1.165) is 22.9 Å². The minimum absolute atomic E-state index is 0.678. The van der Waals surface area contributed by atoms with Gasteiger partial charge in [0, 0.05) is 22.5 Å². The van der Waals surface area contributed by atoms with E-state index in [4.69, 9.17) is 11.6 Å². The van der Waals surface area contributed by atoms with Crippen LogP contribution in [-0.4, -0.2) is 14.5 Å². The van der Waals surface area contributed by atoms with Crippen molar-refractivity contribution in [2.45, 2.75) is 13.8 Å². The molecule has 2 aromatic heterocycles. The molecule has 0 N–H and O–H groups in total. The van der Waals surface area contributed by atoms with Crippen molar-refractivity contribution < 1.29 is 0 Å². The van der Waals surface area contributed by atoms with Crippen LogP contribution in [0.3, 0.4) is 0 Å². The summed E-state index contributed by atoms with van der Waals surface area (Å²) in [6, 6.07) is 13.4. The summed E-state index contributed by atoms with van der Waals surface area (Å²) in [5.74, 6) is 7.84. The Bertz CT molecular complexity index is 885. The molecule has 2 heterocycles. The van der Waals surface area contributed by atoms with Crippen molar-refractivity contribution in [1.82, 2.24) is 14.5 Å². The topological polar surface area (TPSA) is 30.7 Å². The summed E-state index contributed by atoms with van der Waals surface area (Å²) in [6.45, 7) is 3.91. The third kappa shape index (κ3) is 3.19. The molecule has 1 aromatic carbocycles. The second-order valence-electron chi connectivity index (χ2n) is 4.94. The molecule has 0 amide bonds. The maximum atomic E-state index is 5.96. The zero-order valence-corrected chi connectivity index (χ0v) is 13.1. The largest absolute Gasteiger partial charge is 0.287 e. The first kappa shape index (κ1) is 14.4. The smallest absolute Gasteiger partial charge is 0.138 e. The van der Waals surface area contributed by atoms with Crippen LogP contribution in [0.4, 0.5) is 0 Å². The minimum Gasteiger partial charge on any atom is -0.287 e. The lowest BCUT2D eigenvalue weighted by Gasteiger charge is -2.03. The van der Waals surface area contributed by atoms with Crippen LogP contribution in [0, 0.1) is 25.7 Å². The fraction of sp³-hybridized carbons (Fsp3) is 0.111. The summed E-state index contributed by atoms with van der Waals surface area (Å²) in [5, 5.41) is 0.678. The van der Waals surface area contributed by atoms with Crippen LogP contribution in [0.5, 0.6) is 0 Å². The fourth-order valence-electron chi connectivity index (χ4n) is 2.13. The number of pyridine rings is 1. The average Bonchev–Trinajstić information content (AvgIpc) is 2.86. The van der Waals surface area contributed by atoms with Gasteiger partial charge in [-0.1, -0.05) is 29.7 Å². The maximum Gasteiger partial charge on any atom is 0.138 e. The molecule has 0 fully saturated rings. The molecule has 0 unspecified atom stereocenters. The Morgan fingerprint density at radius 2 is 1.82 bits per heavy atom. The second-order valence-corrected chi connectivity index (χ2v) is 5.38. The molecule has 0 aliphatic carbocycles. The van der Waals surface area contributed by atoms with Gasteiger partial charge in [-0.15, -0.1) is 0 Å². The Hall–Kier alpha value is -2.57. The quantitative estimate of drug-likeness (QED) is 0.638. The van der Waals surface area contributed by atoms with Crippen molar-refractivity contribution in [3.8, 4) is 17.7 Å². The van der Waals surface area contributed by atoms with E-state index in [-0.39, 0.29) is 0 Å². The summed E-state index contributed by atoms with van der Waals surface area (Å²) in [5.41, 5.74) is 2.55. The van der Waals surface area contributed by atoms with Gasteiger partial charge < -0.3 is 0 Å². The number of rotatable bonds is 1. The lowest BCUT2D eigenvalue weighted by Crippen LogP contribution is -1.99. The van der Waals surface area contributed by atoms with Crippen molar-refractivity contribution in [3.05, 3.63) is 76.5 Å². The monoisotopic (exact) mass is 307 g/mol. The standard InChI is InChI=1S/C18H14ClN3/c1-13-5-3-8-18(20-13)22-12-17(21-14(22)2)10-9-15-6-4-7-16(19)11-15/h3-8,11-12H,1-2H3. The molecule has 22 heavy (non-hydrogen) atoms. The van der Waals surface area contributed by atoms with Crippen molar-refractivity contribution in [2.75, 3.05) is 0 Å². The molecule has 0 saturated heterocycles. The van der Waals surface area contributed by atoms with Crippen LogP contribution in [0.2, 0.25) is 5.02 Å². The SMILES string of the molecule is Cc1cccc(-n2cc(C#Cc3cccc(Cl)c3)nc2C)n1. The number of aryl methyl sites for hydroxylation is 2. The van der Waals surface area contributed by atoms with Crippen molar-refractivity contribution in [1.29, 1.82) is 0 Å². The molecule has 0 radical (unpaired) electrons. The van der Waals surface area contributed by atoms with Gasteiger partial charge in [0.2, 0.25) is 0 Å². The Balaban J connectivity index is 1.93. The van der Waals surface area contributed by atoms with Crippen LogP contribution in [-0.2, 0) is 0 Å². The lowest BCUT2D eigenvalue weighted by molar-refractivity contribution is 0.922. The van der Waals surface area contributed by atoms with Crippen molar-refractivity contribution in [2.24, 2.45) is 0 Å². The van der Waals surface area contributed by atoms with Gasteiger partial charge in [-0.2, -0.15) is 0 Å². The van der Waals surface area contributed by atoms with Gasteiger partial charge in [-0.25, -0.2) is 9.97 Å². The normalized spacial score (nSPS) is 10.1. The molecule has 3 aromatic rings.